The van der Waals surface area contributed by atoms with Crippen LogP contribution in [-0.2, 0) is 13.1 Å². The first-order valence-corrected chi connectivity index (χ1v) is 6.59. The molecule has 0 bridgehead atoms. The van der Waals surface area contributed by atoms with Crippen LogP contribution in [0.2, 0.25) is 0 Å². The van der Waals surface area contributed by atoms with Crippen molar-refractivity contribution in [3.8, 4) is 0 Å². The maximum absolute atomic E-state index is 5.80. The molecule has 2 aromatic heterocycles. The summed E-state index contributed by atoms with van der Waals surface area (Å²) in [6.45, 7) is 3.94. The molecule has 0 unspecified atom stereocenters. The summed E-state index contributed by atoms with van der Waals surface area (Å²) in [7, 11) is 0. The fourth-order valence-corrected chi connectivity index (χ4v) is 3.01. The van der Waals surface area contributed by atoms with Crippen molar-refractivity contribution in [2.45, 2.75) is 20.0 Å². The van der Waals surface area contributed by atoms with Gasteiger partial charge in [0.15, 0.2) is 0 Å². The number of rotatable bonds is 4. The zero-order valence-corrected chi connectivity index (χ0v) is 10.3. The highest BCUT2D eigenvalue weighted by Gasteiger charge is 2.02. The van der Waals surface area contributed by atoms with Gasteiger partial charge < -0.3 is 11.1 Å². The van der Waals surface area contributed by atoms with Crippen molar-refractivity contribution in [2.24, 2.45) is 0 Å². The number of hydrogen-bond acceptors (Lipinski definition) is 4. The Balaban J connectivity index is 1.86. The normalized spacial score (nSPS) is 10.7. The van der Waals surface area contributed by atoms with Gasteiger partial charge in [-0.05, 0) is 35.4 Å². The molecule has 0 aliphatic heterocycles. The van der Waals surface area contributed by atoms with Gasteiger partial charge in [0.25, 0.3) is 0 Å². The second kappa shape index (κ2) is 4.79. The highest BCUT2D eigenvalue weighted by Crippen LogP contribution is 2.19. The lowest BCUT2D eigenvalue weighted by molar-refractivity contribution is 0.707. The summed E-state index contributed by atoms with van der Waals surface area (Å²) < 4.78 is 0. The van der Waals surface area contributed by atoms with Crippen LogP contribution in [0.3, 0.4) is 0 Å². The number of anilines is 1. The van der Waals surface area contributed by atoms with Crippen LogP contribution in [0.25, 0.3) is 0 Å². The predicted molar refractivity (Wildman–Crippen MR) is 68.3 cm³/mol. The van der Waals surface area contributed by atoms with E-state index in [1.54, 1.807) is 22.7 Å². The van der Waals surface area contributed by atoms with E-state index >= 15 is 0 Å². The molecule has 2 aromatic rings. The molecule has 3 N–H and O–H groups in total. The Kier molecular flexibility index (Phi) is 3.41. The van der Waals surface area contributed by atoms with E-state index < -0.39 is 0 Å². The largest absolute Gasteiger partial charge is 0.398 e. The molecule has 0 radical (unpaired) electrons. The average molecular weight is 238 g/mol. The Morgan fingerprint density at radius 2 is 1.80 bits per heavy atom. The maximum atomic E-state index is 5.80. The molecule has 0 spiro atoms. The fraction of sp³-hybridized carbons (Fsp3) is 0.273. The van der Waals surface area contributed by atoms with Crippen LogP contribution >= 0.6 is 22.7 Å². The molecule has 0 aromatic carbocycles. The van der Waals surface area contributed by atoms with Crippen LogP contribution in [0.1, 0.15) is 15.3 Å². The van der Waals surface area contributed by atoms with E-state index in [0.29, 0.717) is 0 Å². The van der Waals surface area contributed by atoms with Crippen LogP contribution < -0.4 is 11.1 Å². The lowest BCUT2D eigenvalue weighted by atomic mass is 10.3. The summed E-state index contributed by atoms with van der Waals surface area (Å²) in [4.78, 5) is 2.63. The molecule has 2 heterocycles. The van der Waals surface area contributed by atoms with Gasteiger partial charge in [-0.1, -0.05) is 0 Å². The third-order valence-corrected chi connectivity index (χ3v) is 4.28. The minimum atomic E-state index is 0.862. The highest BCUT2D eigenvalue weighted by molar-refractivity contribution is 7.10. The summed E-state index contributed by atoms with van der Waals surface area (Å²) in [6.07, 6.45) is 0. The molecule has 0 amide bonds. The highest BCUT2D eigenvalue weighted by atomic mass is 32.1. The fourth-order valence-electron chi connectivity index (χ4n) is 1.37. The van der Waals surface area contributed by atoms with Gasteiger partial charge >= 0.3 is 0 Å². The summed E-state index contributed by atoms with van der Waals surface area (Å²) in [6, 6.07) is 4.11. The monoisotopic (exact) mass is 238 g/mol. The predicted octanol–water partition coefficient (Wildman–Crippen LogP) is 2.99. The summed E-state index contributed by atoms with van der Waals surface area (Å²) in [5.74, 6) is 0. The van der Waals surface area contributed by atoms with Gasteiger partial charge in [0.05, 0.1) is 0 Å². The van der Waals surface area contributed by atoms with Crippen LogP contribution in [0.4, 0.5) is 5.69 Å². The minimum absolute atomic E-state index is 0.862. The van der Waals surface area contributed by atoms with Gasteiger partial charge in [-0.3, -0.25) is 0 Å². The van der Waals surface area contributed by atoms with Gasteiger partial charge in [0.2, 0.25) is 0 Å². The minimum Gasteiger partial charge on any atom is -0.398 e. The molecule has 2 nitrogen and oxygen atoms in total. The topological polar surface area (TPSA) is 38.0 Å². The van der Waals surface area contributed by atoms with Gasteiger partial charge in [-0.2, -0.15) is 0 Å². The van der Waals surface area contributed by atoms with E-state index in [2.05, 4.69) is 23.7 Å². The molecule has 0 saturated carbocycles. The van der Waals surface area contributed by atoms with Gasteiger partial charge in [-0.15, -0.1) is 22.7 Å². The maximum Gasteiger partial charge on any atom is 0.0468 e. The van der Waals surface area contributed by atoms with Crippen molar-refractivity contribution in [1.29, 1.82) is 0 Å². The summed E-state index contributed by atoms with van der Waals surface area (Å²) >= 11 is 3.51. The Hall–Kier alpha value is -0.840. The SMILES string of the molecule is Cc1ccsc1CNCc1sccc1N. The molecule has 15 heavy (non-hydrogen) atoms. The third-order valence-electron chi connectivity index (χ3n) is 2.32. The first-order valence-electron chi connectivity index (χ1n) is 4.83. The van der Waals surface area contributed by atoms with Crippen LogP contribution in [0.15, 0.2) is 22.9 Å². The molecular formula is C11H14N2S2. The number of aryl methyl sites for hydroxylation is 1. The molecule has 0 atom stereocenters. The summed E-state index contributed by atoms with van der Waals surface area (Å²) in [5.41, 5.74) is 8.07. The van der Waals surface area contributed by atoms with E-state index in [0.717, 1.165) is 18.8 Å². The van der Waals surface area contributed by atoms with Gasteiger partial charge in [-0.25, -0.2) is 0 Å². The quantitative estimate of drug-likeness (QED) is 0.859. The Morgan fingerprint density at radius 1 is 1.13 bits per heavy atom. The molecule has 80 valence electrons. The first kappa shape index (κ1) is 10.7. The second-order valence-corrected chi connectivity index (χ2v) is 5.43. The van der Waals surface area contributed by atoms with Crippen LogP contribution in [0.5, 0.6) is 0 Å². The van der Waals surface area contributed by atoms with Gasteiger partial charge in [0.1, 0.15) is 0 Å². The molecule has 2 rings (SSSR count). The number of thiophene rings is 2. The Bertz CT molecular complexity index is 391. The van der Waals surface area contributed by atoms with E-state index in [1.807, 2.05) is 11.4 Å². The smallest absolute Gasteiger partial charge is 0.0468 e. The van der Waals surface area contributed by atoms with Crippen molar-refractivity contribution >= 4 is 28.4 Å². The zero-order chi connectivity index (χ0) is 10.7. The molecular weight excluding hydrogens is 224 g/mol. The number of nitrogens with one attached hydrogen (secondary N) is 1. The Labute approximate surface area is 97.8 Å². The second-order valence-electron chi connectivity index (χ2n) is 3.43. The molecule has 0 aliphatic rings. The third kappa shape index (κ3) is 2.59. The molecule has 4 heteroatoms. The van der Waals surface area contributed by atoms with E-state index in [9.17, 15) is 0 Å². The van der Waals surface area contributed by atoms with Crippen molar-refractivity contribution in [3.63, 3.8) is 0 Å². The standard InChI is InChI=1S/C11H14N2S2/c1-8-2-4-14-10(8)6-13-7-11-9(12)3-5-15-11/h2-5,13H,6-7,12H2,1H3. The lowest BCUT2D eigenvalue weighted by Gasteiger charge is -2.03. The van der Waals surface area contributed by atoms with E-state index in [1.165, 1.54) is 15.3 Å². The number of hydrogen-bond donors (Lipinski definition) is 2. The van der Waals surface area contributed by atoms with Crippen molar-refractivity contribution < 1.29 is 0 Å². The average Bonchev–Trinajstić information content (AvgIpc) is 2.78. The van der Waals surface area contributed by atoms with Crippen molar-refractivity contribution in [3.05, 3.63) is 38.2 Å². The molecule has 0 aliphatic carbocycles. The zero-order valence-electron chi connectivity index (χ0n) is 8.62. The molecule has 0 fully saturated rings. The number of nitrogens with two attached hydrogens (primary N) is 1. The number of nitrogen functional groups attached to an aromatic ring is 1. The first-order chi connectivity index (χ1) is 7.27. The van der Waals surface area contributed by atoms with Crippen molar-refractivity contribution in [1.82, 2.24) is 5.32 Å². The Morgan fingerprint density at radius 3 is 2.40 bits per heavy atom. The molecule has 0 saturated heterocycles. The lowest BCUT2D eigenvalue weighted by Crippen LogP contribution is -2.12. The van der Waals surface area contributed by atoms with E-state index in [4.69, 9.17) is 5.73 Å². The van der Waals surface area contributed by atoms with Crippen LogP contribution in [-0.4, -0.2) is 0 Å². The van der Waals surface area contributed by atoms with Crippen molar-refractivity contribution in [2.75, 3.05) is 5.73 Å². The van der Waals surface area contributed by atoms with Crippen LogP contribution in [0, 0.1) is 6.92 Å². The summed E-state index contributed by atoms with van der Waals surface area (Å²) in [5, 5.41) is 7.57. The van der Waals surface area contributed by atoms with E-state index in [-0.39, 0.29) is 0 Å². The van der Waals surface area contributed by atoms with Gasteiger partial charge in [0, 0.05) is 28.5 Å².